The van der Waals surface area contributed by atoms with Crippen LogP contribution in [-0.4, -0.2) is 43.5 Å². The third-order valence-corrected chi connectivity index (χ3v) is 1.81. The Kier molecular flexibility index (Phi) is 5.66. The van der Waals surface area contributed by atoms with Crippen molar-refractivity contribution in [2.45, 2.75) is 32.4 Å². The largest absolute Gasteiger partial charge is 0.352 e. The van der Waals surface area contributed by atoms with Crippen molar-refractivity contribution in [3.8, 4) is 0 Å². The number of hydrogen-bond donors (Lipinski definition) is 2. The molecule has 4 nitrogen and oxygen atoms in total. The van der Waals surface area contributed by atoms with Gasteiger partial charge in [0.1, 0.15) is 0 Å². The van der Waals surface area contributed by atoms with Gasteiger partial charge in [0, 0.05) is 6.04 Å². The average Bonchev–Trinajstić information content (AvgIpc) is 2.00. The second-order valence-electron chi connectivity index (χ2n) is 3.79. The topological polar surface area (TPSA) is 58.4 Å². The highest BCUT2D eigenvalue weighted by molar-refractivity contribution is 5.81. The van der Waals surface area contributed by atoms with Gasteiger partial charge in [-0.25, -0.2) is 0 Å². The summed E-state index contributed by atoms with van der Waals surface area (Å²) in [5, 5.41) is 2.84. The van der Waals surface area contributed by atoms with E-state index < -0.39 is 6.04 Å². The molecule has 0 aliphatic rings. The van der Waals surface area contributed by atoms with E-state index in [2.05, 4.69) is 10.2 Å². The maximum Gasteiger partial charge on any atom is 0.236 e. The molecule has 4 heteroatoms. The van der Waals surface area contributed by atoms with Gasteiger partial charge in [-0.1, -0.05) is 0 Å². The predicted octanol–water partition coefficient (Wildman–Crippen LogP) is -0.210. The summed E-state index contributed by atoms with van der Waals surface area (Å²) >= 11 is 0. The Morgan fingerprint density at radius 1 is 1.46 bits per heavy atom. The van der Waals surface area contributed by atoms with Crippen molar-refractivity contribution in [1.82, 2.24) is 10.2 Å². The van der Waals surface area contributed by atoms with Gasteiger partial charge in [-0.05, 0) is 40.9 Å². The van der Waals surface area contributed by atoms with Crippen LogP contribution in [0.15, 0.2) is 0 Å². The number of carbonyl (C=O) groups excluding carboxylic acids is 1. The molecule has 13 heavy (non-hydrogen) atoms. The first-order chi connectivity index (χ1) is 5.93. The Bertz CT molecular complexity index is 157. The number of nitrogens with two attached hydrogens (primary N) is 1. The molecule has 0 aromatic carbocycles. The first-order valence-corrected chi connectivity index (χ1v) is 4.64. The summed E-state index contributed by atoms with van der Waals surface area (Å²) < 4.78 is 0. The van der Waals surface area contributed by atoms with Gasteiger partial charge >= 0.3 is 0 Å². The summed E-state index contributed by atoms with van der Waals surface area (Å²) in [7, 11) is 4.03. The molecule has 0 radical (unpaired) electrons. The minimum atomic E-state index is -0.415. The lowest BCUT2D eigenvalue weighted by atomic mass is 10.2. The quantitative estimate of drug-likeness (QED) is 0.626. The molecule has 0 heterocycles. The molecule has 0 fully saturated rings. The predicted molar refractivity (Wildman–Crippen MR) is 54.4 cm³/mol. The molecule has 0 saturated carbocycles. The summed E-state index contributed by atoms with van der Waals surface area (Å²) in [6, 6.07) is -0.220. The van der Waals surface area contributed by atoms with Crippen molar-refractivity contribution in [3.63, 3.8) is 0 Å². The number of hydrogen-bond acceptors (Lipinski definition) is 3. The molecule has 0 aromatic rings. The van der Waals surface area contributed by atoms with Gasteiger partial charge in [0.2, 0.25) is 5.91 Å². The fourth-order valence-electron chi connectivity index (χ4n) is 0.898. The molecule has 78 valence electrons. The van der Waals surface area contributed by atoms with E-state index in [4.69, 9.17) is 5.73 Å². The van der Waals surface area contributed by atoms with E-state index in [-0.39, 0.29) is 11.9 Å². The van der Waals surface area contributed by atoms with Crippen LogP contribution in [0.2, 0.25) is 0 Å². The Morgan fingerprint density at radius 2 is 2.00 bits per heavy atom. The minimum absolute atomic E-state index is 0.0775. The molecule has 0 saturated heterocycles. The summed E-state index contributed by atoms with van der Waals surface area (Å²) in [5.41, 5.74) is 5.42. The number of nitrogens with zero attached hydrogens (tertiary/aromatic N) is 1. The van der Waals surface area contributed by atoms with Crippen LogP contribution in [0.5, 0.6) is 0 Å². The van der Waals surface area contributed by atoms with Crippen molar-refractivity contribution in [3.05, 3.63) is 0 Å². The van der Waals surface area contributed by atoms with Gasteiger partial charge in [0.05, 0.1) is 6.04 Å². The van der Waals surface area contributed by atoms with E-state index in [1.807, 2.05) is 21.0 Å². The molecule has 0 aliphatic heterocycles. The van der Waals surface area contributed by atoms with Gasteiger partial charge in [0.15, 0.2) is 0 Å². The molecule has 1 amide bonds. The molecular weight excluding hydrogens is 166 g/mol. The zero-order valence-corrected chi connectivity index (χ0v) is 9.00. The zero-order valence-electron chi connectivity index (χ0n) is 9.00. The van der Waals surface area contributed by atoms with Crippen molar-refractivity contribution in [2.24, 2.45) is 5.73 Å². The van der Waals surface area contributed by atoms with Crippen molar-refractivity contribution in [1.29, 1.82) is 0 Å². The van der Waals surface area contributed by atoms with Crippen LogP contribution in [0.1, 0.15) is 20.3 Å². The van der Waals surface area contributed by atoms with Crippen molar-refractivity contribution < 1.29 is 4.79 Å². The number of carbonyl (C=O) groups is 1. The van der Waals surface area contributed by atoms with E-state index in [0.717, 1.165) is 13.0 Å². The monoisotopic (exact) mass is 187 g/mol. The fourth-order valence-corrected chi connectivity index (χ4v) is 0.898. The average molecular weight is 187 g/mol. The first kappa shape index (κ1) is 12.4. The lowest BCUT2D eigenvalue weighted by Gasteiger charge is -2.17. The van der Waals surface area contributed by atoms with Gasteiger partial charge in [-0.3, -0.25) is 4.79 Å². The summed E-state index contributed by atoms with van der Waals surface area (Å²) in [4.78, 5) is 13.2. The molecule has 0 bridgehead atoms. The van der Waals surface area contributed by atoms with E-state index >= 15 is 0 Å². The lowest BCUT2D eigenvalue weighted by Crippen LogP contribution is -2.43. The first-order valence-electron chi connectivity index (χ1n) is 4.64. The molecule has 3 N–H and O–H groups in total. The maximum absolute atomic E-state index is 11.1. The third kappa shape index (κ3) is 6.54. The maximum atomic E-state index is 11.1. The van der Waals surface area contributed by atoms with Gasteiger partial charge in [-0.15, -0.1) is 0 Å². The second kappa shape index (κ2) is 5.94. The summed E-state index contributed by atoms with van der Waals surface area (Å²) in [6.45, 7) is 4.65. The second-order valence-corrected chi connectivity index (χ2v) is 3.79. The van der Waals surface area contributed by atoms with Crippen LogP contribution < -0.4 is 11.1 Å². The highest BCUT2D eigenvalue weighted by Gasteiger charge is 2.10. The normalized spacial score (nSPS) is 15.5. The van der Waals surface area contributed by atoms with Crippen LogP contribution in [0.4, 0.5) is 0 Å². The van der Waals surface area contributed by atoms with E-state index in [0.29, 0.717) is 0 Å². The van der Waals surface area contributed by atoms with Crippen LogP contribution in [0, 0.1) is 0 Å². The third-order valence-electron chi connectivity index (χ3n) is 1.81. The van der Waals surface area contributed by atoms with Gasteiger partial charge in [0.25, 0.3) is 0 Å². The van der Waals surface area contributed by atoms with Gasteiger partial charge < -0.3 is 16.0 Å². The van der Waals surface area contributed by atoms with E-state index in [1.165, 1.54) is 0 Å². The van der Waals surface area contributed by atoms with Crippen LogP contribution >= 0.6 is 0 Å². The van der Waals surface area contributed by atoms with E-state index in [1.54, 1.807) is 6.92 Å². The Balaban J connectivity index is 3.62. The SMILES string of the molecule is CC(CCN(C)C)NC(=O)[C@@H](C)N. The molecule has 2 atom stereocenters. The fraction of sp³-hybridized carbons (Fsp3) is 0.889. The van der Waals surface area contributed by atoms with Crippen LogP contribution in [0.3, 0.4) is 0 Å². The lowest BCUT2D eigenvalue weighted by molar-refractivity contribution is -0.122. The molecule has 0 spiro atoms. The summed E-state index contributed by atoms with van der Waals surface area (Å²) in [6.07, 6.45) is 0.950. The van der Waals surface area contributed by atoms with Crippen molar-refractivity contribution in [2.75, 3.05) is 20.6 Å². The number of nitrogens with one attached hydrogen (secondary N) is 1. The summed E-state index contributed by atoms with van der Waals surface area (Å²) in [5.74, 6) is -0.0775. The molecule has 0 rings (SSSR count). The minimum Gasteiger partial charge on any atom is -0.352 e. The number of amides is 1. The molecular formula is C9H21N3O. The van der Waals surface area contributed by atoms with Crippen LogP contribution in [-0.2, 0) is 4.79 Å². The standard InChI is InChI=1S/C9H21N3O/c1-7(5-6-12(3)4)11-9(13)8(2)10/h7-8H,5-6,10H2,1-4H3,(H,11,13)/t7?,8-/m1/s1. The molecule has 0 aliphatic carbocycles. The van der Waals surface area contributed by atoms with Gasteiger partial charge in [-0.2, -0.15) is 0 Å². The smallest absolute Gasteiger partial charge is 0.236 e. The Morgan fingerprint density at radius 3 is 2.38 bits per heavy atom. The Hall–Kier alpha value is -0.610. The van der Waals surface area contributed by atoms with Crippen LogP contribution in [0.25, 0.3) is 0 Å². The highest BCUT2D eigenvalue weighted by Crippen LogP contribution is 1.92. The molecule has 0 aromatic heterocycles. The highest BCUT2D eigenvalue weighted by atomic mass is 16.2. The zero-order chi connectivity index (χ0) is 10.4. The molecule has 1 unspecified atom stereocenters. The Labute approximate surface area is 80.5 Å². The van der Waals surface area contributed by atoms with Crippen molar-refractivity contribution >= 4 is 5.91 Å². The van der Waals surface area contributed by atoms with E-state index in [9.17, 15) is 4.79 Å². The number of rotatable bonds is 5.